The first-order valence-corrected chi connectivity index (χ1v) is 8.18. The molecular weight excluding hydrogens is 280 g/mol. The summed E-state index contributed by atoms with van der Waals surface area (Å²) >= 11 is 0. The molecule has 106 valence electrons. The zero-order valence-electron chi connectivity index (χ0n) is 11.0. The van der Waals surface area contributed by atoms with E-state index in [1.54, 1.807) is 6.07 Å². The highest BCUT2D eigenvalue weighted by molar-refractivity contribution is 7.91. The maximum Gasteiger partial charge on any atom is 0.227 e. The Balaban J connectivity index is 1.73. The maximum absolute atomic E-state index is 11.4. The van der Waals surface area contributed by atoms with Crippen LogP contribution in [0.3, 0.4) is 0 Å². The second kappa shape index (κ2) is 4.93. The van der Waals surface area contributed by atoms with Crippen LogP contribution in [0.25, 0.3) is 11.5 Å². The number of aryl methyl sites for hydroxylation is 1. The van der Waals surface area contributed by atoms with E-state index in [2.05, 4.69) is 20.3 Å². The molecule has 1 aliphatic heterocycles. The number of nitrogens with zero attached hydrogens (tertiary/aromatic N) is 4. The zero-order chi connectivity index (χ0) is 14.2. The number of aromatic nitrogens is 4. The van der Waals surface area contributed by atoms with Gasteiger partial charge in [-0.05, 0) is 31.4 Å². The molecule has 0 unspecified atom stereocenters. The van der Waals surface area contributed by atoms with Crippen LogP contribution in [0.5, 0.6) is 0 Å². The Bertz CT molecular complexity index is 709. The van der Waals surface area contributed by atoms with Gasteiger partial charge in [-0.25, -0.2) is 8.42 Å². The fraction of sp³-hybridized carbons (Fsp3) is 0.500. The van der Waals surface area contributed by atoms with Crippen LogP contribution in [0.2, 0.25) is 0 Å². The van der Waals surface area contributed by atoms with E-state index in [0.717, 1.165) is 5.69 Å². The summed E-state index contributed by atoms with van der Waals surface area (Å²) in [6, 6.07) is 3.60. The molecule has 2 aromatic heterocycles. The summed E-state index contributed by atoms with van der Waals surface area (Å²) in [5.41, 5.74) is 1.36. The Morgan fingerprint density at radius 2 is 2.20 bits per heavy atom. The molecule has 2 aromatic rings. The summed E-state index contributed by atoms with van der Waals surface area (Å²) in [6.07, 6.45) is 1.15. The third kappa shape index (κ3) is 2.84. The molecule has 0 radical (unpaired) electrons. The summed E-state index contributed by atoms with van der Waals surface area (Å²) in [7, 11) is -2.88. The average molecular weight is 294 g/mol. The third-order valence-corrected chi connectivity index (χ3v) is 5.12. The first-order valence-electron chi connectivity index (χ1n) is 6.35. The lowest BCUT2D eigenvalue weighted by Gasteiger charge is -2.01. The van der Waals surface area contributed by atoms with Crippen molar-refractivity contribution in [2.75, 3.05) is 11.5 Å². The Hall–Kier alpha value is -1.83. The minimum atomic E-state index is -2.88. The molecule has 1 saturated heterocycles. The summed E-state index contributed by atoms with van der Waals surface area (Å²) in [6.45, 7) is 1.85. The van der Waals surface area contributed by atoms with Gasteiger partial charge in [0.2, 0.25) is 11.7 Å². The van der Waals surface area contributed by atoms with Gasteiger partial charge < -0.3 is 4.52 Å². The summed E-state index contributed by atoms with van der Waals surface area (Å²) < 4.78 is 28.0. The van der Waals surface area contributed by atoms with Crippen molar-refractivity contribution >= 4 is 9.84 Å². The van der Waals surface area contributed by atoms with Gasteiger partial charge in [0.15, 0.2) is 9.84 Å². The van der Waals surface area contributed by atoms with Gasteiger partial charge in [0.05, 0.1) is 17.2 Å². The Morgan fingerprint density at radius 1 is 1.35 bits per heavy atom. The minimum absolute atomic E-state index is 0.0670. The van der Waals surface area contributed by atoms with Crippen molar-refractivity contribution in [2.45, 2.75) is 19.8 Å². The summed E-state index contributed by atoms with van der Waals surface area (Å²) in [4.78, 5) is 4.25. The zero-order valence-corrected chi connectivity index (χ0v) is 11.8. The van der Waals surface area contributed by atoms with E-state index in [1.807, 2.05) is 13.0 Å². The van der Waals surface area contributed by atoms with Crippen LogP contribution in [-0.2, 0) is 16.3 Å². The highest BCUT2D eigenvalue weighted by Gasteiger charge is 2.29. The van der Waals surface area contributed by atoms with Crippen molar-refractivity contribution in [3.63, 3.8) is 0 Å². The highest BCUT2D eigenvalue weighted by Crippen LogP contribution is 2.22. The van der Waals surface area contributed by atoms with E-state index in [4.69, 9.17) is 4.52 Å². The van der Waals surface area contributed by atoms with Crippen molar-refractivity contribution < 1.29 is 12.9 Å². The molecule has 0 N–H and O–H groups in total. The molecule has 1 atom stereocenters. The molecule has 3 rings (SSSR count). The molecule has 3 heterocycles. The molecule has 7 nitrogen and oxygen atoms in total. The van der Waals surface area contributed by atoms with E-state index >= 15 is 0 Å². The Labute approximate surface area is 116 Å². The lowest BCUT2D eigenvalue weighted by Crippen LogP contribution is -2.07. The molecular formula is C12H14N4O3S. The van der Waals surface area contributed by atoms with Crippen molar-refractivity contribution in [1.29, 1.82) is 0 Å². The number of rotatable bonds is 3. The Morgan fingerprint density at radius 3 is 2.85 bits per heavy atom. The van der Waals surface area contributed by atoms with Crippen LogP contribution in [-0.4, -0.2) is 40.3 Å². The largest absolute Gasteiger partial charge is 0.339 e. The Kier molecular flexibility index (Phi) is 3.25. The molecule has 0 bridgehead atoms. The molecule has 0 aliphatic carbocycles. The number of hydrogen-bond donors (Lipinski definition) is 0. The molecule has 1 aliphatic rings. The first kappa shape index (κ1) is 13.2. The molecule has 20 heavy (non-hydrogen) atoms. The number of hydrogen-bond acceptors (Lipinski definition) is 7. The van der Waals surface area contributed by atoms with Gasteiger partial charge in [-0.2, -0.15) is 10.1 Å². The second-order valence-electron chi connectivity index (χ2n) is 5.04. The van der Waals surface area contributed by atoms with E-state index < -0.39 is 9.84 Å². The van der Waals surface area contributed by atoms with Crippen LogP contribution in [0.15, 0.2) is 16.7 Å². The van der Waals surface area contributed by atoms with Gasteiger partial charge in [-0.1, -0.05) is 5.16 Å². The van der Waals surface area contributed by atoms with Gasteiger partial charge in [0, 0.05) is 6.42 Å². The van der Waals surface area contributed by atoms with Crippen LogP contribution in [0.1, 0.15) is 18.0 Å². The quantitative estimate of drug-likeness (QED) is 0.826. The van der Waals surface area contributed by atoms with Crippen molar-refractivity contribution in [1.82, 2.24) is 20.3 Å². The molecule has 0 spiro atoms. The van der Waals surface area contributed by atoms with Gasteiger partial charge in [-0.15, -0.1) is 5.10 Å². The standard InChI is InChI=1S/C12H14N4O3S/c1-8-2-3-10(15-14-8)12-13-11(19-16-12)6-9-4-5-20(17,18)7-9/h2-3,9H,4-7H2,1H3/t9-/m1/s1. The normalized spacial score (nSPS) is 21.1. The lowest BCUT2D eigenvalue weighted by atomic mass is 10.1. The molecule has 0 saturated carbocycles. The molecule has 1 fully saturated rings. The van der Waals surface area contributed by atoms with Crippen LogP contribution >= 0.6 is 0 Å². The third-order valence-electron chi connectivity index (χ3n) is 3.29. The average Bonchev–Trinajstić information content (AvgIpc) is 2.98. The molecule has 8 heteroatoms. The SMILES string of the molecule is Cc1ccc(-c2noc(C[C@H]3CCS(=O)(=O)C3)n2)nn1. The number of sulfone groups is 1. The summed E-state index contributed by atoms with van der Waals surface area (Å²) in [5, 5.41) is 11.8. The van der Waals surface area contributed by atoms with Crippen LogP contribution in [0, 0.1) is 12.8 Å². The van der Waals surface area contributed by atoms with Crippen molar-refractivity contribution in [2.24, 2.45) is 5.92 Å². The smallest absolute Gasteiger partial charge is 0.227 e. The summed E-state index contributed by atoms with van der Waals surface area (Å²) in [5.74, 6) is 1.35. The predicted octanol–water partition coefficient (Wildman–Crippen LogP) is 0.812. The predicted molar refractivity (Wildman–Crippen MR) is 70.5 cm³/mol. The minimum Gasteiger partial charge on any atom is -0.339 e. The fourth-order valence-corrected chi connectivity index (χ4v) is 4.10. The van der Waals surface area contributed by atoms with E-state index in [1.165, 1.54) is 0 Å². The second-order valence-corrected chi connectivity index (χ2v) is 7.27. The highest BCUT2D eigenvalue weighted by atomic mass is 32.2. The van der Waals surface area contributed by atoms with E-state index in [-0.39, 0.29) is 17.4 Å². The van der Waals surface area contributed by atoms with Gasteiger partial charge >= 0.3 is 0 Å². The first-order chi connectivity index (χ1) is 9.52. The monoisotopic (exact) mass is 294 g/mol. The molecule has 0 amide bonds. The van der Waals surface area contributed by atoms with Gasteiger partial charge in [0.25, 0.3) is 0 Å². The molecule has 0 aromatic carbocycles. The topological polar surface area (TPSA) is 98.8 Å². The van der Waals surface area contributed by atoms with E-state index in [9.17, 15) is 8.42 Å². The van der Waals surface area contributed by atoms with Crippen molar-refractivity contribution in [3.05, 3.63) is 23.7 Å². The lowest BCUT2D eigenvalue weighted by molar-refractivity contribution is 0.359. The van der Waals surface area contributed by atoms with E-state index in [0.29, 0.717) is 30.3 Å². The van der Waals surface area contributed by atoms with Crippen molar-refractivity contribution in [3.8, 4) is 11.5 Å². The van der Waals surface area contributed by atoms with Crippen LogP contribution < -0.4 is 0 Å². The maximum atomic E-state index is 11.4. The van der Waals surface area contributed by atoms with Crippen LogP contribution in [0.4, 0.5) is 0 Å². The fourth-order valence-electron chi connectivity index (χ4n) is 2.24. The van der Waals surface area contributed by atoms with Gasteiger partial charge in [0.1, 0.15) is 5.69 Å². The van der Waals surface area contributed by atoms with Gasteiger partial charge in [-0.3, -0.25) is 0 Å².